The Morgan fingerprint density at radius 3 is 2.73 bits per heavy atom. The van der Waals surface area contributed by atoms with Gasteiger partial charge in [-0.1, -0.05) is 18.2 Å². The molecule has 1 heterocycles. The van der Waals surface area contributed by atoms with E-state index in [1.165, 1.54) is 10.9 Å². The SMILES string of the molecule is CCOc1cccc(C(=O)c2cnn(-c3cc(C(=O)NC4CC4)ccc3C)c2N)c1. The van der Waals surface area contributed by atoms with Crippen molar-refractivity contribution >= 4 is 17.5 Å². The monoisotopic (exact) mass is 404 g/mol. The number of carbonyl (C=O) groups is 2. The summed E-state index contributed by atoms with van der Waals surface area (Å²) in [7, 11) is 0. The number of nitrogen functional groups attached to an aromatic ring is 1. The zero-order chi connectivity index (χ0) is 21.3. The summed E-state index contributed by atoms with van der Waals surface area (Å²) in [4.78, 5) is 25.4. The molecule has 0 spiro atoms. The van der Waals surface area contributed by atoms with Crippen LogP contribution in [-0.4, -0.2) is 34.1 Å². The fourth-order valence-corrected chi connectivity index (χ4v) is 3.25. The highest BCUT2D eigenvalue weighted by Crippen LogP contribution is 2.25. The Balaban J connectivity index is 1.65. The van der Waals surface area contributed by atoms with Gasteiger partial charge in [-0.05, 0) is 56.5 Å². The minimum Gasteiger partial charge on any atom is -0.494 e. The highest BCUT2D eigenvalue weighted by molar-refractivity contribution is 6.11. The third-order valence-electron chi connectivity index (χ3n) is 5.07. The van der Waals surface area contributed by atoms with Gasteiger partial charge in [-0.2, -0.15) is 5.10 Å². The number of hydrogen-bond acceptors (Lipinski definition) is 5. The second-order valence-corrected chi connectivity index (χ2v) is 7.39. The second kappa shape index (κ2) is 8.02. The first-order valence-corrected chi connectivity index (χ1v) is 10.0. The lowest BCUT2D eigenvalue weighted by atomic mass is 10.1. The maximum absolute atomic E-state index is 13.0. The van der Waals surface area contributed by atoms with Crippen molar-refractivity contribution in [1.82, 2.24) is 15.1 Å². The van der Waals surface area contributed by atoms with Crippen LogP contribution in [0.15, 0.2) is 48.7 Å². The summed E-state index contributed by atoms with van der Waals surface area (Å²) in [6.07, 6.45) is 3.50. The Hall–Kier alpha value is -3.61. The van der Waals surface area contributed by atoms with Gasteiger partial charge in [-0.25, -0.2) is 4.68 Å². The molecule has 3 N–H and O–H groups in total. The second-order valence-electron chi connectivity index (χ2n) is 7.39. The number of nitrogens with two attached hydrogens (primary N) is 1. The first kappa shape index (κ1) is 19.7. The van der Waals surface area contributed by atoms with E-state index in [-0.39, 0.29) is 23.6 Å². The van der Waals surface area contributed by atoms with Crippen molar-refractivity contribution in [3.05, 3.63) is 70.9 Å². The molecule has 1 saturated carbocycles. The van der Waals surface area contributed by atoms with Crippen LogP contribution in [-0.2, 0) is 0 Å². The maximum atomic E-state index is 13.0. The molecule has 1 aliphatic carbocycles. The molecule has 154 valence electrons. The van der Waals surface area contributed by atoms with Crippen LogP contribution < -0.4 is 15.8 Å². The van der Waals surface area contributed by atoms with E-state index in [1.54, 1.807) is 36.4 Å². The highest BCUT2D eigenvalue weighted by Gasteiger charge is 2.24. The van der Waals surface area contributed by atoms with Crippen molar-refractivity contribution in [2.75, 3.05) is 12.3 Å². The Morgan fingerprint density at radius 1 is 1.20 bits per heavy atom. The Bertz CT molecular complexity index is 1120. The number of hydrogen-bond donors (Lipinski definition) is 2. The first-order chi connectivity index (χ1) is 14.5. The van der Waals surface area contributed by atoms with Crippen molar-refractivity contribution in [3.63, 3.8) is 0 Å². The van der Waals surface area contributed by atoms with Crippen LogP contribution in [0.4, 0.5) is 5.82 Å². The molecule has 1 amide bonds. The Morgan fingerprint density at radius 2 is 2.00 bits per heavy atom. The largest absolute Gasteiger partial charge is 0.494 e. The number of ether oxygens (including phenoxy) is 1. The van der Waals surface area contributed by atoms with Crippen molar-refractivity contribution in [2.45, 2.75) is 32.7 Å². The molecule has 0 bridgehead atoms. The summed E-state index contributed by atoms with van der Waals surface area (Å²) in [6, 6.07) is 12.6. The fraction of sp³-hybridized carbons (Fsp3) is 0.261. The number of nitrogens with one attached hydrogen (secondary N) is 1. The number of nitrogens with zero attached hydrogens (tertiary/aromatic N) is 2. The normalized spacial score (nSPS) is 13.1. The fourth-order valence-electron chi connectivity index (χ4n) is 3.25. The van der Waals surface area contributed by atoms with E-state index in [0.29, 0.717) is 34.7 Å². The summed E-state index contributed by atoms with van der Waals surface area (Å²) in [5.41, 5.74) is 9.17. The number of aryl methyl sites for hydroxylation is 1. The molecule has 7 heteroatoms. The average molecular weight is 404 g/mol. The molecule has 30 heavy (non-hydrogen) atoms. The van der Waals surface area contributed by atoms with Gasteiger partial charge >= 0.3 is 0 Å². The summed E-state index contributed by atoms with van der Waals surface area (Å²) >= 11 is 0. The average Bonchev–Trinajstić information content (AvgIpc) is 3.48. The van der Waals surface area contributed by atoms with Crippen LogP contribution in [0.5, 0.6) is 5.75 Å². The van der Waals surface area contributed by atoms with Gasteiger partial charge in [0, 0.05) is 17.2 Å². The minimum atomic E-state index is -0.236. The van der Waals surface area contributed by atoms with Crippen LogP contribution in [0, 0.1) is 6.92 Å². The lowest BCUT2D eigenvalue weighted by molar-refractivity contribution is 0.0950. The van der Waals surface area contributed by atoms with E-state index in [1.807, 2.05) is 19.9 Å². The lowest BCUT2D eigenvalue weighted by Crippen LogP contribution is -2.25. The molecule has 0 saturated heterocycles. The third kappa shape index (κ3) is 3.91. The molecule has 7 nitrogen and oxygen atoms in total. The van der Waals surface area contributed by atoms with Crippen LogP contribution in [0.1, 0.15) is 51.6 Å². The first-order valence-electron chi connectivity index (χ1n) is 10.0. The number of ketones is 1. The van der Waals surface area contributed by atoms with Crippen molar-refractivity contribution in [3.8, 4) is 11.4 Å². The van der Waals surface area contributed by atoms with Gasteiger partial charge in [0.2, 0.25) is 0 Å². The van der Waals surface area contributed by atoms with Crippen LogP contribution in [0.2, 0.25) is 0 Å². The van der Waals surface area contributed by atoms with Gasteiger partial charge in [-0.15, -0.1) is 0 Å². The zero-order valence-electron chi connectivity index (χ0n) is 17.0. The molecule has 1 aromatic heterocycles. The van der Waals surface area contributed by atoms with E-state index in [2.05, 4.69) is 10.4 Å². The van der Waals surface area contributed by atoms with Crippen molar-refractivity contribution in [2.24, 2.45) is 0 Å². The molecule has 0 unspecified atom stereocenters. The van der Waals surface area contributed by atoms with Gasteiger partial charge < -0.3 is 15.8 Å². The highest BCUT2D eigenvalue weighted by atomic mass is 16.5. The smallest absolute Gasteiger partial charge is 0.251 e. The topological polar surface area (TPSA) is 99.2 Å². The standard InChI is InChI=1S/C23H24N4O3/c1-3-30-18-6-4-5-15(11-18)21(28)19-13-25-27(22(19)24)20-12-16(8-7-14(20)2)23(29)26-17-9-10-17/h4-8,11-13,17H,3,9-10,24H2,1-2H3,(H,26,29). The molecule has 0 radical (unpaired) electrons. The summed E-state index contributed by atoms with van der Waals surface area (Å²) in [5, 5.41) is 7.31. The van der Waals surface area contributed by atoms with Crippen LogP contribution in [0.25, 0.3) is 5.69 Å². The Kier molecular flexibility index (Phi) is 5.27. The Labute approximate surface area is 174 Å². The van der Waals surface area contributed by atoms with Crippen molar-refractivity contribution < 1.29 is 14.3 Å². The molecule has 1 aliphatic rings. The van der Waals surface area contributed by atoms with Crippen molar-refractivity contribution in [1.29, 1.82) is 0 Å². The summed E-state index contributed by atoms with van der Waals surface area (Å²) < 4.78 is 6.98. The quantitative estimate of drug-likeness (QED) is 0.589. The predicted molar refractivity (Wildman–Crippen MR) is 114 cm³/mol. The predicted octanol–water partition coefficient (Wildman–Crippen LogP) is 3.28. The molecule has 0 aliphatic heterocycles. The number of anilines is 1. The number of carbonyl (C=O) groups excluding carboxylic acids is 2. The van der Waals surface area contributed by atoms with E-state index < -0.39 is 0 Å². The van der Waals surface area contributed by atoms with Gasteiger partial charge in [0.25, 0.3) is 5.91 Å². The van der Waals surface area contributed by atoms with Crippen LogP contribution >= 0.6 is 0 Å². The van der Waals surface area contributed by atoms with E-state index in [9.17, 15) is 9.59 Å². The van der Waals surface area contributed by atoms with E-state index in [4.69, 9.17) is 10.5 Å². The van der Waals surface area contributed by atoms with Crippen LogP contribution in [0.3, 0.4) is 0 Å². The number of aromatic nitrogens is 2. The number of amides is 1. The number of benzene rings is 2. The molecule has 4 rings (SSSR count). The molecule has 2 aromatic carbocycles. The lowest BCUT2D eigenvalue weighted by Gasteiger charge is -2.11. The summed E-state index contributed by atoms with van der Waals surface area (Å²) in [5.74, 6) is 0.498. The van der Waals surface area contributed by atoms with Gasteiger partial charge in [-0.3, -0.25) is 9.59 Å². The molecular weight excluding hydrogens is 380 g/mol. The molecular formula is C23H24N4O3. The number of rotatable bonds is 7. The zero-order valence-corrected chi connectivity index (χ0v) is 17.0. The molecule has 0 atom stereocenters. The van der Waals surface area contributed by atoms with Gasteiger partial charge in [0.15, 0.2) is 5.78 Å². The van der Waals surface area contributed by atoms with Gasteiger partial charge in [0.05, 0.1) is 24.1 Å². The molecule has 3 aromatic rings. The maximum Gasteiger partial charge on any atom is 0.251 e. The van der Waals surface area contributed by atoms with Gasteiger partial charge in [0.1, 0.15) is 11.6 Å². The molecule has 1 fully saturated rings. The minimum absolute atomic E-state index is 0.117. The van der Waals surface area contributed by atoms with E-state index >= 15 is 0 Å². The summed E-state index contributed by atoms with van der Waals surface area (Å²) in [6.45, 7) is 4.31. The third-order valence-corrected chi connectivity index (χ3v) is 5.07. The van der Waals surface area contributed by atoms with E-state index in [0.717, 1.165) is 18.4 Å².